The zero-order valence-electron chi connectivity index (χ0n) is 13.9. The molecule has 0 aliphatic heterocycles. The smallest absolute Gasteiger partial charge is 0.308 e. The third-order valence-corrected chi connectivity index (χ3v) is 5.37. The minimum atomic E-state index is -0.174. The van der Waals surface area contributed by atoms with Crippen LogP contribution >= 0.6 is 22.9 Å². The number of para-hydroxylation sites is 2. The summed E-state index contributed by atoms with van der Waals surface area (Å²) in [4.78, 5) is 33.9. The van der Waals surface area contributed by atoms with E-state index >= 15 is 0 Å². The fourth-order valence-electron chi connectivity index (χ4n) is 2.83. The third-order valence-electron chi connectivity index (χ3n) is 4.17. The van der Waals surface area contributed by atoms with Gasteiger partial charge < -0.3 is 9.88 Å². The number of imidazole rings is 1. The van der Waals surface area contributed by atoms with Crippen LogP contribution < -0.4 is 4.87 Å². The molecule has 0 unspecified atom stereocenters. The van der Waals surface area contributed by atoms with Crippen LogP contribution in [-0.4, -0.2) is 32.4 Å². The van der Waals surface area contributed by atoms with Gasteiger partial charge in [-0.25, -0.2) is 4.98 Å². The van der Waals surface area contributed by atoms with E-state index in [1.165, 1.54) is 4.57 Å². The maximum Gasteiger partial charge on any atom is 0.308 e. The minimum Gasteiger partial charge on any atom is -0.340 e. The molecule has 0 saturated heterocycles. The topological polar surface area (TPSA) is 71.0 Å². The Bertz CT molecular complexity index is 1140. The number of aromatic amines is 1. The summed E-state index contributed by atoms with van der Waals surface area (Å²) in [6.45, 7) is 0.307. The number of fused-ring (bicyclic) bond motifs is 2. The van der Waals surface area contributed by atoms with Crippen LogP contribution in [0.15, 0.2) is 47.3 Å². The van der Waals surface area contributed by atoms with Crippen LogP contribution in [0, 0.1) is 0 Å². The number of halogens is 1. The average Bonchev–Trinajstić information content (AvgIpc) is 3.15. The van der Waals surface area contributed by atoms with Gasteiger partial charge in [0.25, 0.3) is 0 Å². The van der Waals surface area contributed by atoms with Crippen molar-refractivity contribution in [3.05, 3.63) is 63.0 Å². The van der Waals surface area contributed by atoms with Gasteiger partial charge in [0.15, 0.2) is 0 Å². The van der Waals surface area contributed by atoms with Gasteiger partial charge >= 0.3 is 4.87 Å². The van der Waals surface area contributed by atoms with E-state index in [9.17, 15) is 9.59 Å². The Balaban J connectivity index is 1.55. The summed E-state index contributed by atoms with van der Waals surface area (Å²) in [5.74, 6) is 0.528. The van der Waals surface area contributed by atoms with Gasteiger partial charge in [0.1, 0.15) is 12.4 Å². The van der Waals surface area contributed by atoms with E-state index < -0.39 is 0 Å². The van der Waals surface area contributed by atoms with E-state index in [0.717, 1.165) is 27.1 Å². The Morgan fingerprint density at radius 3 is 2.92 bits per heavy atom. The molecule has 2 heterocycles. The molecule has 1 amide bonds. The zero-order chi connectivity index (χ0) is 18.3. The van der Waals surface area contributed by atoms with E-state index in [1.54, 1.807) is 30.1 Å². The lowest BCUT2D eigenvalue weighted by Crippen LogP contribution is -2.32. The second-order valence-electron chi connectivity index (χ2n) is 6.02. The summed E-state index contributed by atoms with van der Waals surface area (Å²) < 4.78 is 2.27. The predicted molar refractivity (Wildman–Crippen MR) is 104 cm³/mol. The molecular formula is C18H15ClN4O2S. The van der Waals surface area contributed by atoms with Crippen LogP contribution in [0.2, 0.25) is 5.02 Å². The van der Waals surface area contributed by atoms with Gasteiger partial charge in [-0.05, 0) is 30.3 Å². The number of carbonyl (C=O) groups excluding carboxylic acids is 1. The Morgan fingerprint density at radius 1 is 1.31 bits per heavy atom. The van der Waals surface area contributed by atoms with Crippen LogP contribution in [0.25, 0.3) is 21.3 Å². The van der Waals surface area contributed by atoms with Crippen molar-refractivity contribution in [2.24, 2.45) is 0 Å². The predicted octanol–water partition coefficient (Wildman–Crippen LogP) is 3.25. The van der Waals surface area contributed by atoms with Crippen molar-refractivity contribution in [1.29, 1.82) is 0 Å². The minimum absolute atomic E-state index is 0.0318. The van der Waals surface area contributed by atoms with Gasteiger partial charge in [0, 0.05) is 12.1 Å². The highest BCUT2D eigenvalue weighted by Crippen LogP contribution is 2.21. The van der Waals surface area contributed by atoms with Gasteiger partial charge in [0.2, 0.25) is 5.91 Å². The second-order valence-corrected chi connectivity index (χ2v) is 7.45. The van der Waals surface area contributed by atoms with E-state index in [0.29, 0.717) is 22.9 Å². The maximum absolute atomic E-state index is 12.6. The monoisotopic (exact) mass is 386 g/mol. The molecule has 2 aromatic heterocycles. The maximum atomic E-state index is 12.6. The lowest BCUT2D eigenvalue weighted by atomic mass is 10.3. The number of carbonyl (C=O) groups is 1. The molecule has 8 heteroatoms. The molecule has 0 bridgehead atoms. The number of rotatable bonds is 4. The summed E-state index contributed by atoms with van der Waals surface area (Å²) >= 11 is 7.13. The quantitative estimate of drug-likeness (QED) is 0.585. The fourth-order valence-corrected chi connectivity index (χ4v) is 3.87. The standard InChI is InChI=1S/C18H15ClN4O2S/c1-22(9-16-20-12-4-2-3-5-13(12)21-16)17(24)10-23-14-8-11(19)6-7-15(14)26-18(23)25/h2-8H,9-10H2,1H3,(H,20,21). The number of hydrogen-bond acceptors (Lipinski definition) is 4. The highest BCUT2D eigenvalue weighted by molar-refractivity contribution is 7.16. The second kappa shape index (κ2) is 6.59. The van der Waals surface area contributed by atoms with E-state index in [4.69, 9.17) is 11.6 Å². The van der Waals surface area contributed by atoms with E-state index in [1.807, 2.05) is 24.3 Å². The lowest BCUT2D eigenvalue weighted by molar-refractivity contribution is -0.131. The summed E-state index contributed by atoms with van der Waals surface area (Å²) in [6.07, 6.45) is 0. The molecule has 26 heavy (non-hydrogen) atoms. The summed E-state index contributed by atoms with van der Waals surface area (Å²) in [7, 11) is 1.70. The first-order valence-corrected chi connectivity index (χ1v) is 9.17. The van der Waals surface area contributed by atoms with Gasteiger partial charge in [0.05, 0.1) is 27.8 Å². The van der Waals surface area contributed by atoms with Gasteiger partial charge in [-0.1, -0.05) is 35.1 Å². The number of nitrogens with zero attached hydrogens (tertiary/aromatic N) is 3. The van der Waals surface area contributed by atoms with Gasteiger partial charge in [-0.2, -0.15) is 0 Å². The highest BCUT2D eigenvalue weighted by Gasteiger charge is 2.16. The lowest BCUT2D eigenvalue weighted by Gasteiger charge is -2.16. The van der Waals surface area contributed by atoms with Crippen molar-refractivity contribution in [3.63, 3.8) is 0 Å². The highest BCUT2D eigenvalue weighted by atomic mass is 35.5. The molecule has 0 aliphatic rings. The van der Waals surface area contributed by atoms with Crippen LogP contribution in [0.4, 0.5) is 0 Å². The van der Waals surface area contributed by atoms with E-state index in [2.05, 4.69) is 9.97 Å². The summed E-state index contributed by atoms with van der Waals surface area (Å²) in [5.41, 5.74) is 2.47. The summed E-state index contributed by atoms with van der Waals surface area (Å²) in [5, 5.41) is 0.534. The summed E-state index contributed by atoms with van der Waals surface area (Å²) in [6, 6.07) is 12.9. The van der Waals surface area contributed by atoms with Crippen LogP contribution in [0.5, 0.6) is 0 Å². The molecule has 0 aliphatic carbocycles. The number of benzene rings is 2. The molecule has 0 fully saturated rings. The molecule has 1 N–H and O–H groups in total. The molecule has 0 radical (unpaired) electrons. The van der Waals surface area contributed by atoms with Crippen molar-refractivity contribution in [2.45, 2.75) is 13.1 Å². The first-order valence-electron chi connectivity index (χ1n) is 7.98. The molecule has 0 atom stereocenters. The van der Waals surface area contributed by atoms with Crippen LogP contribution in [0.3, 0.4) is 0 Å². The number of hydrogen-bond donors (Lipinski definition) is 1. The average molecular weight is 387 g/mol. The molecule has 0 spiro atoms. The normalized spacial score (nSPS) is 11.3. The van der Waals surface area contributed by atoms with Crippen molar-refractivity contribution < 1.29 is 4.79 Å². The fraction of sp³-hybridized carbons (Fsp3) is 0.167. The van der Waals surface area contributed by atoms with Crippen molar-refractivity contribution in [3.8, 4) is 0 Å². The third kappa shape index (κ3) is 3.11. The molecule has 0 saturated carbocycles. The number of thiazole rings is 1. The molecule has 4 aromatic rings. The molecule has 6 nitrogen and oxygen atoms in total. The molecule has 4 rings (SSSR count). The molecular weight excluding hydrogens is 372 g/mol. The van der Waals surface area contributed by atoms with Crippen LogP contribution in [-0.2, 0) is 17.9 Å². The number of amides is 1. The zero-order valence-corrected chi connectivity index (χ0v) is 15.5. The molecule has 132 valence electrons. The number of likely N-dealkylation sites (N-methyl/N-ethyl adjacent to an activating group) is 1. The van der Waals surface area contributed by atoms with Crippen molar-refractivity contribution in [2.75, 3.05) is 7.05 Å². The van der Waals surface area contributed by atoms with Crippen molar-refractivity contribution >= 4 is 50.1 Å². The van der Waals surface area contributed by atoms with Gasteiger partial charge in [-0.15, -0.1) is 0 Å². The Kier molecular flexibility index (Phi) is 4.26. The number of aromatic nitrogens is 3. The SMILES string of the molecule is CN(Cc1nc2ccccc2[nH]1)C(=O)Cn1c(=O)sc2ccc(Cl)cc21. The number of nitrogens with one attached hydrogen (secondary N) is 1. The number of H-pyrrole nitrogens is 1. The Hall–Kier alpha value is -2.64. The largest absolute Gasteiger partial charge is 0.340 e. The Labute approximate surface area is 157 Å². The van der Waals surface area contributed by atoms with Crippen LogP contribution in [0.1, 0.15) is 5.82 Å². The first kappa shape index (κ1) is 16.8. The molecule has 2 aromatic carbocycles. The Morgan fingerprint density at radius 2 is 2.12 bits per heavy atom. The van der Waals surface area contributed by atoms with Gasteiger partial charge in [-0.3, -0.25) is 14.2 Å². The van der Waals surface area contributed by atoms with Crippen molar-refractivity contribution in [1.82, 2.24) is 19.4 Å². The first-order chi connectivity index (χ1) is 12.5. The van der Waals surface area contributed by atoms with E-state index in [-0.39, 0.29) is 17.3 Å².